The third-order valence-corrected chi connectivity index (χ3v) is 2.43. The summed E-state index contributed by atoms with van der Waals surface area (Å²) in [5.74, 6) is -0.280. The molecular weight excluding hydrogens is 246 g/mol. The lowest BCUT2D eigenvalue weighted by Gasteiger charge is -2.07. The minimum atomic E-state index is -0.280. The molecule has 1 N–H and O–H groups in total. The SMILES string of the molecule is COC(=O)CNc1ccc(C)cc1Br. The Morgan fingerprint density at radius 3 is 2.86 bits per heavy atom. The second-order valence-electron chi connectivity index (χ2n) is 2.91. The first-order valence-corrected chi connectivity index (χ1v) is 4.99. The van der Waals surface area contributed by atoms with Gasteiger partial charge >= 0.3 is 5.97 Å². The van der Waals surface area contributed by atoms with Crippen molar-refractivity contribution in [3.05, 3.63) is 28.2 Å². The molecule has 0 fully saturated rings. The van der Waals surface area contributed by atoms with Gasteiger partial charge in [0.25, 0.3) is 0 Å². The molecule has 14 heavy (non-hydrogen) atoms. The van der Waals surface area contributed by atoms with Crippen molar-refractivity contribution >= 4 is 27.6 Å². The molecule has 0 saturated carbocycles. The molecule has 0 unspecified atom stereocenters. The zero-order valence-corrected chi connectivity index (χ0v) is 9.72. The number of aryl methyl sites for hydroxylation is 1. The molecule has 1 rings (SSSR count). The van der Waals surface area contributed by atoms with Crippen LogP contribution in [0.3, 0.4) is 0 Å². The normalized spacial score (nSPS) is 9.64. The molecule has 1 aromatic carbocycles. The standard InChI is InChI=1S/C10H12BrNO2/c1-7-3-4-9(8(11)5-7)12-6-10(13)14-2/h3-5,12H,6H2,1-2H3. The number of anilines is 1. The predicted molar refractivity (Wildman–Crippen MR) is 59.4 cm³/mol. The molecule has 3 nitrogen and oxygen atoms in total. The van der Waals surface area contributed by atoms with Gasteiger partial charge in [-0.25, -0.2) is 0 Å². The maximum absolute atomic E-state index is 10.9. The Morgan fingerprint density at radius 2 is 2.29 bits per heavy atom. The van der Waals surface area contributed by atoms with Gasteiger partial charge in [-0.1, -0.05) is 6.07 Å². The Labute approximate surface area is 91.6 Å². The molecule has 0 atom stereocenters. The van der Waals surface area contributed by atoms with Crippen molar-refractivity contribution < 1.29 is 9.53 Å². The lowest BCUT2D eigenvalue weighted by Crippen LogP contribution is -2.15. The van der Waals surface area contributed by atoms with Gasteiger partial charge in [0.05, 0.1) is 7.11 Å². The van der Waals surface area contributed by atoms with Crippen LogP contribution in [0.25, 0.3) is 0 Å². The Bertz CT molecular complexity index is 339. The van der Waals surface area contributed by atoms with Crippen LogP contribution in [0.5, 0.6) is 0 Å². The maximum Gasteiger partial charge on any atom is 0.325 e. The summed E-state index contributed by atoms with van der Waals surface area (Å²) >= 11 is 3.40. The molecular formula is C10H12BrNO2. The zero-order chi connectivity index (χ0) is 10.6. The van der Waals surface area contributed by atoms with Gasteiger partial charge in [0.1, 0.15) is 6.54 Å². The van der Waals surface area contributed by atoms with E-state index >= 15 is 0 Å². The summed E-state index contributed by atoms with van der Waals surface area (Å²) in [4.78, 5) is 10.9. The minimum Gasteiger partial charge on any atom is -0.468 e. The van der Waals surface area contributed by atoms with Gasteiger partial charge in [0, 0.05) is 10.2 Å². The van der Waals surface area contributed by atoms with Crippen LogP contribution >= 0.6 is 15.9 Å². The quantitative estimate of drug-likeness (QED) is 0.845. The first-order valence-electron chi connectivity index (χ1n) is 4.20. The number of benzene rings is 1. The average Bonchev–Trinajstić information content (AvgIpc) is 2.16. The summed E-state index contributed by atoms with van der Waals surface area (Å²) in [6, 6.07) is 5.88. The molecule has 0 radical (unpaired) electrons. The third kappa shape index (κ3) is 3.03. The van der Waals surface area contributed by atoms with E-state index in [9.17, 15) is 4.79 Å². The Morgan fingerprint density at radius 1 is 1.57 bits per heavy atom. The highest BCUT2D eigenvalue weighted by atomic mass is 79.9. The number of hydrogen-bond acceptors (Lipinski definition) is 3. The van der Waals surface area contributed by atoms with Gasteiger partial charge in [-0.2, -0.15) is 0 Å². The van der Waals surface area contributed by atoms with Crippen LogP contribution in [0, 0.1) is 6.92 Å². The van der Waals surface area contributed by atoms with Crippen molar-refractivity contribution in [3.8, 4) is 0 Å². The van der Waals surface area contributed by atoms with Crippen molar-refractivity contribution in [1.29, 1.82) is 0 Å². The van der Waals surface area contributed by atoms with Crippen molar-refractivity contribution in [1.82, 2.24) is 0 Å². The summed E-state index contributed by atoms with van der Waals surface area (Å²) in [7, 11) is 1.37. The van der Waals surface area contributed by atoms with E-state index in [2.05, 4.69) is 26.0 Å². The van der Waals surface area contributed by atoms with Gasteiger partial charge in [-0.3, -0.25) is 4.79 Å². The topological polar surface area (TPSA) is 38.3 Å². The Balaban J connectivity index is 2.63. The van der Waals surface area contributed by atoms with Gasteiger partial charge < -0.3 is 10.1 Å². The van der Waals surface area contributed by atoms with Crippen LogP contribution in [0.15, 0.2) is 22.7 Å². The maximum atomic E-state index is 10.9. The molecule has 1 aromatic rings. The fourth-order valence-electron chi connectivity index (χ4n) is 1.00. The molecule has 0 aliphatic heterocycles. The lowest BCUT2D eigenvalue weighted by atomic mass is 10.2. The fraction of sp³-hybridized carbons (Fsp3) is 0.300. The number of nitrogens with one attached hydrogen (secondary N) is 1. The molecule has 0 bridgehead atoms. The lowest BCUT2D eigenvalue weighted by molar-refractivity contribution is -0.138. The number of methoxy groups -OCH3 is 1. The number of carbonyl (C=O) groups excluding carboxylic acids is 1. The summed E-state index contributed by atoms with van der Waals surface area (Å²) in [6.45, 7) is 2.19. The number of rotatable bonds is 3. The fourth-order valence-corrected chi connectivity index (χ4v) is 1.64. The first kappa shape index (κ1) is 11.0. The first-order chi connectivity index (χ1) is 6.63. The van der Waals surface area contributed by atoms with Crippen molar-refractivity contribution in [2.75, 3.05) is 19.0 Å². The van der Waals surface area contributed by atoms with Gasteiger partial charge in [0.2, 0.25) is 0 Å². The number of halogens is 1. The minimum absolute atomic E-state index is 0.179. The van der Waals surface area contributed by atoms with Crippen molar-refractivity contribution in [3.63, 3.8) is 0 Å². The van der Waals surface area contributed by atoms with E-state index < -0.39 is 0 Å². The van der Waals surface area contributed by atoms with E-state index in [-0.39, 0.29) is 12.5 Å². The number of carbonyl (C=O) groups is 1. The van der Waals surface area contributed by atoms with E-state index in [1.165, 1.54) is 12.7 Å². The molecule has 0 aromatic heterocycles. The predicted octanol–water partition coefficient (Wildman–Crippen LogP) is 2.34. The summed E-state index contributed by atoms with van der Waals surface area (Å²) in [6.07, 6.45) is 0. The van der Waals surface area contributed by atoms with Crippen LogP contribution in [-0.4, -0.2) is 19.6 Å². The smallest absolute Gasteiger partial charge is 0.325 e. The van der Waals surface area contributed by atoms with Crippen LogP contribution in [0.4, 0.5) is 5.69 Å². The molecule has 0 aliphatic rings. The van der Waals surface area contributed by atoms with E-state index in [4.69, 9.17) is 0 Å². The van der Waals surface area contributed by atoms with E-state index in [1.807, 2.05) is 25.1 Å². The molecule has 0 heterocycles. The van der Waals surface area contributed by atoms with E-state index in [1.54, 1.807) is 0 Å². The number of esters is 1. The Kier molecular flexibility index (Phi) is 3.95. The van der Waals surface area contributed by atoms with Gasteiger partial charge in [-0.15, -0.1) is 0 Å². The zero-order valence-electron chi connectivity index (χ0n) is 8.13. The largest absolute Gasteiger partial charge is 0.468 e. The Hall–Kier alpha value is -1.03. The summed E-state index contributed by atoms with van der Waals surface area (Å²) in [5, 5.41) is 2.97. The van der Waals surface area contributed by atoms with Crippen molar-refractivity contribution in [2.24, 2.45) is 0 Å². The van der Waals surface area contributed by atoms with Crippen molar-refractivity contribution in [2.45, 2.75) is 6.92 Å². The highest BCUT2D eigenvalue weighted by Gasteiger charge is 2.02. The van der Waals surface area contributed by atoms with Gasteiger partial charge in [-0.05, 0) is 40.5 Å². The van der Waals surface area contributed by atoms with E-state index in [0.29, 0.717) is 0 Å². The molecule has 0 amide bonds. The molecule has 76 valence electrons. The van der Waals surface area contributed by atoms with Crippen LogP contribution in [0.1, 0.15) is 5.56 Å². The van der Waals surface area contributed by atoms with Gasteiger partial charge in [0.15, 0.2) is 0 Å². The number of ether oxygens (including phenoxy) is 1. The highest BCUT2D eigenvalue weighted by molar-refractivity contribution is 9.10. The van der Waals surface area contributed by atoms with E-state index in [0.717, 1.165) is 10.2 Å². The van der Waals surface area contributed by atoms with Crippen LogP contribution in [0.2, 0.25) is 0 Å². The number of hydrogen-bond donors (Lipinski definition) is 1. The molecule has 0 spiro atoms. The third-order valence-electron chi connectivity index (χ3n) is 1.78. The molecule has 0 aliphatic carbocycles. The highest BCUT2D eigenvalue weighted by Crippen LogP contribution is 2.22. The van der Waals surface area contributed by atoms with Crippen LogP contribution in [-0.2, 0) is 9.53 Å². The second-order valence-corrected chi connectivity index (χ2v) is 3.77. The average molecular weight is 258 g/mol. The summed E-state index contributed by atoms with van der Waals surface area (Å²) in [5.41, 5.74) is 2.06. The van der Waals surface area contributed by atoms with Crippen LogP contribution < -0.4 is 5.32 Å². The molecule has 4 heteroatoms. The monoisotopic (exact) mass is 257 g/mol. The second kappa shape index (κ2) is 5.00. The summed E-state index contributed by atoms with van der Waals surface area (Å²) < 4.78 is 5.46. The molecule has 0 saturated heterocycles.